The van der Waals surface area contributed by atoms with Gasteiger partial charge in [0.05, 0.1) is 0 Å². The molecule has 0 amide bonds. The molecule has 0 aliphatic rings. The summed E-state index contributed by atoms with van der Waals surface area (Å²) < 4.78 is 0. The lowest BCUT2D eigenvalue weighted by molar-refractivity contribution is 0.878. The summed E-state index contributed by atoms with van der Waals surface area (Å²) in [4.78, 5) is 0. The van der Waals surface area contributed by atoms with Crippen molar-refractivity contribution in [3.63, 3.8) is 0 Å². The molecule has 3 unspecified atom stereocenters. The van der Waals surface area contributed by atoms with Crippen LogP contribution in [0.4, 0.5) is 0 Å². The minimum Gasteiger partial charge on any atom is -0.158 e. The maximum atomic E-state index is 4.25. The smallest absolute Gasteiger partial charge is 0.0166 e. The SMILES string of the molecule is [CH2]C(SC(C)CC)C(C)SCCCC. The van der Waals surface area contributed by atoms with Crippen molar-refractivity contribution in [3.05, 3.63) is 6.92 Å². The highest BCUT2D eigenvalue weighted by Gasteiger charge is 2.15. The average Bonchev–Trinajstić information content (AvgIpc) is 2.17. The Labute approximate surface area is 99.0 Å². The highest BCUT2D eigenvalue weighted by molar-refractivity contribution is 8.04. The van der Waals surface area contributed by atoms with Crippen LogP contribution >= 0.6 is 23.5 Å². The van der Waals surface area contributed by atoms with Gasteiger partial charge in [0.1, 0.15) is 0 Å². The molecule has 0 nitrogen and oxygen atoms in total. The molecule has 0 bridgehead atoms. The predicted octanol–water partition coefficient (Wildman–Crippen LogP) is 4.64. The molecule has 14 heavy (non-hydrogen) atoms. The summed E-state index contributed by atoms with van der Waals surface area (Å²) in [6.45, 7) is 13.4. The van der Waals surface area contributed by atoms with E-state index in [2.05, 4.69) is 46.4 Å². The molecule has 0 spiro atoms. The van der Waals surface area contributed by atoms with Gasteiger partial charge >= 0.3 is 0 Å². The first-order valence-corrected chi connectivity index (χ1v) is 7.71. The van der Waals surface area contributed by atoms with Gasteiger partial charge in [0.2, 0.25) is 0 Å². The summed E-state index contributed by atoms with van der Waals surface area (Å²) in [5.41, 5.74) is 0. The lowest BCUT2D eigenvalue weighted by Crippen LogP contribution is -2.16. The van der Waals surface area contributed by atoms with Gasteiger partial charge in [-0.05, 0) is 25.5 Å². The Morgan fingerprint density at radius 2 is 1.86 bits per heavy atom. The molecule has 0 heterocycles. The van der Waals surface area contributed by atoms with Gasteiger partial charge in [-0.2, -0.15) is 23.5 Å². The van der Waals surface area contributed by atoms with Crippen LogP contribution in [-0.2, 0) is 0 Å². The highest BCUT2D eigenvalue weighted by Crippen LogP contribution is 2.28. The lowest BCUT2D eigenvalue weighted by atomic mass is 10.3. The summed E-state index contributed by atoms with van der Waals surface area (Å²) in [6.07, 6.45) is 3.90. The normalized spacial score (nSPS) is 17.8. The monoisotopic (exact) mass is 233 g/mol. The van der Waals surface area contributed by atoms with Crippen LogP contribution in [0.3, 0.4) is 0 Å². The first kappa shape index (κ1) is 14.7. The molecule has 2 heteroatoms. The minimum absolute atomic E-state index is 0.548. The molecule has 0 aromatic rings. The van der Waals surface area contributed by atoms with Gasteiger partial charge in [0.15, 0.2) is 0 Å². The molecular formula is C12H25S2. The van der Waals surface area contributed by atoms with Gasteiger partial charge in [0, 0.05) is 15.7 Å². The fraction of sp³-hybridized carbons (Fsp3) is 0.917. The third kappa shape index (κ3) is 7.05. The van der Waals surface area contributed by atoms with Crippen LogP contribution in [-0.4, -0.2) is 21.5 Å². The van der Waals surface area contributed by atoms with E-state index in [1.807, 2.05) is 11.8 Å². The molecule has 0 aromatic heterocycles. The second-order valence-corrected chi connectivity index (χ2v) is 6.99. The van der Waals surface area contributed by atoms with Crippen molar-refractivity contribution >= 4 is 23.5 Å². The van der Waals surface area contributed by atoms with Crippen LogP contribution in [0.2, 0.25) is 0 Å². The summed E-state index contributed by atoms with van der Waals surface area (Å²) in [7, 11) is 0. The van der Waals surface area contributed by atoms with E-state index in [9.17, 15) is 0 Å². The lowest BCUT2D eigenvalue weighted by Gasteiger charge is -2.21. The van der Waals surface area contributed by atoms with E-state index in [0.29, 0.717) is 10.5 Å². The summed E-state index contributed by atoms with van der Waals surface area (Å²) >= 11 is 4.11. The molecule has 0 fully saturated rings. The van der Waals surface area contributed by atoms with Gasteiger partial charge < -0.3 is 0 Å². The minimum atomic E-state index is 0.548. The Morgan fingerprint density at radius 1 is 1.21 bits per heavy atom. The third-order valence-corrected chi connectivity index (χ3v) is 5.49. The second-order valence-electron chi connectivity index (χ2n) is 3.82. The molecule has 3 atom stereocenters. The summed E-state index contributed by atoms with van der Waals surface area (Å²) in [5, 5.41) is 2.00. The van der Waals surface area contributed by atoms with Crippen LogP contribution in [0.5, 0.6) is 0 Å². The number of unbranched alkanes of at least 4 members (excludes halogenated alkanes) is 1. The van der Waals surface area contributed by atoms with Crippen LogP contribution < -0.4 is 0 Å². The molecule has 0 N–H and O–H groups in total. The van der Waals surface area contributed by atoms with Gasteiger partial charge in [-0.15, -0.1) is 0 Å². The third-order valence-electron chi connectivity index (χ3n) is 2.38. The molecule has 0 rings (SSSR count). The van der Waals surface area contributed by atoms with E-state index in [-0.39, 0.29) is 0 Å². The van der Waals surface area contributed by atoms with E-state index in [4.69, 9.17) is 0 Å². The van der Waals surface area contributed by atoms with Crippen molar-refractivity contribution in [3.8, 4) is 0 Å². The zero-order chi connectivity index (χ0) is 11.0. The Balaban J connectivity index is 3.58. The Morgan fingerprint density at radius 3 is 2.36 bits per heavy atom. The van der Waals surface area contributed by atoms with Crippen molar-refractivity contribution in [2.24, 2.45) is 0 Å². The number of hydrogen-bond donors (Lipinski definition) is 0. The summed E-state index contributed by atoms with van der Waals surface area (Å²) in [6, 6.07) is 0. The van der Waals surface area contributed by atoms with Crippen LogP contribution in [0, 0.1) is 6.92 Å². The largest absolute Gasteiger partial charge is 0.158 e. The van der Waals surface area contributed by atoms with Crippen molar-refractivity contribution < 1.29 is 0 Å². The maximum absolute atomic E-state index is 4.25. The quantitative estimate of drug-likeness (QED) is 0.560. The maximum Gasteiger partial charge on any atom is 0.0166 e. The number of hydrogen-bond acceptors (Lipinski definition) is 2. The number of thioether (sulfide) groups is 2. The van der Waals surface area contributed by atoms with E-state index in [0.717, 1.165) is 5.25 Å². The fourth-order valence-corrected chi connectivity index (χ4v) is 3.51. The van der Waals surface area contributed by atoms with Crippen molar-refractivity contribution in [2.45, 2.75) is 62.7 Å². The first-order chi connectivity index (χ1) is 6.61. The Kier molecular flexibility index (Phi) is 9.41. The van der Waals surface area contributed by atoms with Crippen LogP contribution in [0.1, 0.15) is 47.0 Å². The molecule has 1 radical (unpaired) electrons. The van der Waals surface area contributed by atoms with E-state index < -0.39 is 0 Å². The predicted molar refractivity (Wildman–Crippen MR) is 73.3 cm³/mol. The molecule has 0 saturated heterocycles. The Hall–Kier alpha value is 0.700. The molecule has 85 valence electrons. The van der Waals surface area contributed by atoms with E-state index in [1.54, 1.807) is 0 Å². The van der Waals surface area contributed by atoms with Crippen molar-refractivity contribution in [2.75, 3.05) is 5.75 Å². The molecule has 0 saturated carbocycles. The number of rotatable bonds is 8. The van der Waals surface area contributed by atoms with Crippen LogP contribution in [0.25, 0.3) is 0 Å². The highest BCUT2D eigenvalue weighted by atomic mass is 32.2. The van der Waals surface area contributed by atoms with Gasteiger partial charge in [-0.3, -0.25) is 0 Å². The van der Waals surface area contributed by atoms with Gasteiger partial charge in [-0.25, -0.2) is 0 Å². The van der Waals surface area contributed by atoms with Gasteiger partial charge in [-0.1, -0.05) is 34.1 Å². The summed E-state index contributed by atoms with van der Waals surface area (Å²) in [5.74, 6) is 1.30. The van der Waals surface area contributed by atoms with E-state index in [1.165, 1.54) is 25.0 Å². The van der Waals surface area contributed by atoms with Crippen LogP contribution in [0.15, 0.2) is 0 Å². The first-order valence-electron chi connectivity index (χ1n) is 5.71. The zero-order valence-electron chi connectivity index (χ0n) is 10.1. The molecular weight excluding hydrogens is 208 g/mol. The van der Waals surface area contributed by atoms with Crippen molar-refractivity contribution in [1.29, 1.82) is 0 Å². The molecule has 0 aliphatic heterocycles. The van der Waals surface area contributed by atoms with Crippen molar-refractivity contribution in [1.82, 2.24) is 0 Å². The average molecular weight is 233 g/mol. The second kappa shape index (κ2) is 8.96. The molecule has 0 aliphatic carbocycles. The zero-order valence-corrected chi connectivity index (χ0v) is 11.7. The van der Waals surface area contributed by atoms with E-state index >= 15 is 0 Å². The topological polar surface area (TPSA) is 0 Å². The fourth-order valence-electron chi connectivity index (χ4n) is 1.03. The van der Waals surface area contributed by atoms with Gasteiger partial charge in [0.25, 0.3) is 0 Å². The molecule has 0 aromatic carbocycles. The Bertz CT molecular complexity index is 125. The standard InChI is InChI=1S/C12H25S2/c1-6-8-9-13-11(4)12(5)14-10(3)7-2/h10-12H,5-9H2,1-4H3.